The van der Waals surface area contributed by atoms with E-state index in [9.17, 15) is 21.6 Å². The molecular weight excluding hydrogens is 583 g/mol. The van der Waals surface area contributed by atoms with E-state index in [4.69, 9.17) is 23.2 Å². The van der Waals surface area contributed by atoms with Gasteiger partial charge in [0.25, 0.3) is 15.9 Å². The molecule has 0 bridgehead atoms. The van der Waals surface area contributed by atoms with Gasteiger partial charge in [-0.2, -0.15) is 0 Å². The molecule has 4 rings (SSSR count). The molecule has 0 fully saturated rings. The topological polar surface area (TPSA) is 126 Å². The summed E-state index contributed by atoms with van der Waals surface area (Å²) in [6.07, 6.45) is 3.99. The quantitative estimate of drug-likeness (QED) is 0.263. The zero-order valence-electron chi connectivity index (χ0n) is 20.4. The second kappa shape index (κ2) is 11.6. The van der Waals surface area contributed by atoms with Crippen LogP contribution in [0.2, 0.25) is 10.0 Å². The van der Waals surface area contributed by atoms with E-state index in [0.29, 0.717) is 22.5 Å². The fraction of sp³-hybridized carbons (Fsp3) is 0.0769. The fourth-order valence-electron chi connectivity index (χ4n) is 3.55. The van der Waals surface area contributed by atoms with E-state index in [2.05, 4.69) is 15.0 Å². The molecule has 0 saturated carbocycles. The molecular formula is C26H22Cl2N4O5S2. The predicted molar refractivity (Wildman–Crippen MR) is 153 cm³/mol. The first-order valence-corrected chi connectivity index (χ1v) is 15.4. The Morgan fingerprint density at radius 1 is 0.872 bits per heavy atom. The number of carbonyl (C=O) groups is 1. The summed E-state index contributed by atoms with van der Waals surface area (Å²) in [5.74, 6) is -0.427. The van der Waals surface area contributed by atoms with Crippen LogP contribution in [0.3, 0.4) is 0 Å². The van der Waals surface area contributed by atoms with Gasteiger partial charge in [0.15, 0.2) is 0 Å². The number of sulfonamides is 2. The summed E-state index contributed by atoms with van der Waals surface area (Å²) in [5, 5.41) is 3.05. The van der Waals surface area contributed by atoms with Crippen LogP contribution in [-0.4, -0.2) is 34.0 Å². The third-order valence-corrected chi connectivity index (χ3v) is 8.81. The van der Waals surface area contributed by atoms with Gasteiger partial charge >= 0.3 is 0 Å². The molecule has 1 aromatic heterocycles. The average molecular weight is 606 g/mol. The molecule has 202 valence electrons. The smallest absolute Gasteiger partial charge is 0.261 e. The Morgan fingerprint density at radius 3 is 2.18 bits per heavy atom. The van der Waals surface area contributed by atoms with Crippen LogP contribution in [0.15, 0.2) is 96.2 Å². The van der Waals surface area contributed by atoms with Gasteiger partial charge in [-0.25, -0.2) is 16.8 Å². The summed E-state index contributed by atoms with van der Waals surface area (Å²) in [6, 6.07) is 20.0. The lowest BCUT2D eigenvalue weighted by molar-refractivity contribution is 0.102. The first-order valence-electron chi connectivity index (χ1n) is 11.3. The van der Waals surface area contributed by atoms with Gasteiger partial charge in [0, 0.05) is 17.4 Å². The molecule has 0 saturated heterocycles. The normalized spacial score (nSPS) is 11.6. The number of hydrogen-bond donors (Lipinski definition) is 2. The van der Waals surface area contributed by atoms with Crippen molar-refractivity contribution in [3.05, 3.63) is 112 Å². The molecule has 9 nitrogen and oxygen atoms in total. The molecule has 0 atom stereocenters. The molecule has 0 unspecified atom stereocenters. The summed E-state index contributed by atoms with van der Waals surface area (Å²) < 4.78 is 53.7. The Morgan fingerprint density at radius 2 is 1.56 bits per heavy atom. The first kappa shape index (κ1) is 28.4. The van der Waals surface area contributed by atoms with Gasteiger partial charge in [-0.3, -0.25) is 18.8 Å². The maximum atomic E-state index is 12.7. The lowest BCUT2D eigenvalue weighted by atomic mass is 10.1. The van der Waals surface area contributed by atoms with E-state index >= 15 is 0 Å². The Labute approximate surface area is 236 Å². The highest BCUT2D eigenvalue weighted by Gasteiger charge is 2.22. The zero-order valence-corrected chi connectivity index (χ0v) is 23.5. The number of amides is 1. The number of pyridine rings is 1. The summed E-state index contributed by atoms with van der Waals surface area (Å²) in [6.45, 7) is -0.0240. The predicted octanol–water partition coefficient (Wildman–Crippen LogP) is 5.41. The van der Waals surface area contributed by atoms with Gasteiger partial charge in [0.2, 0.25) is 10.0 Å². The standard InChI is InChI=1S/C26H22Cl2N4O5S2/c1-38(34,35)32(24-6-2-5-23(27)25(24)28)17-18-7-9-19(10-8-18)26(33)30-20-11-13-22(14-12-20)39(36,37)31-21-4-3-15-29-16-21/h2-16,31H,17H2,1H3,(H,30,33). The van der Waals surface area contributed by atoms with Crippen molar-refractivity contribution in [3.8, 4) is 0 Å². The molecule has 0 aliphatic carbocycles. The lowest BCUT2D eigenvalue weighted by Crippen LogP contribution is -2.29. The second-order valence-corrected chi connectivity index (χ2v) is 12.7. The first-order chi connectivity index (χ1) is 18.4. The van der Waals surface area contributed by atoms with Crippen molar-refractivity contribution in [1.29, 1.82) is 0 Å². The molecule has 1 amide bonds. The van der Waals surface area contributed by atoms with Crippen molar-refractivity contribution in [1.82, 2.24) is 4.98 Å². The third-order valence-electron chi connectivity index (χ3n) is 5.48. The number of rotatable bonds is 9. The molecule has 1 heterocycles. The van der Waals surface area contributed by atoms with Crippen molar-refractivity contribution in [3.63, 3.8) is 0 Å². The van der Waals surface area contributed by atoms with Crippen molar-refractivity contribution >= 4 is 66.2 Å². The van der Waals surface area contributed by atoms with E-state index < -0.39 is 26.0 Å². The largest absolute Gasteiger partial charge is 0.322 e. The van der Waals surface area contributed by atoms with Crippen LogP contribution in [0, 0.1) is 0 Å². The molecule has 0 spiro atoms. The van der Waals surface area contributed by atoms with Crippen molar-refractivity contribution < 1.29 is 21.6 Å². The Kier molecular flexibility index (Phi) is 8.45. The van der Waals surface area contributed by atoms with Crippen LogP contribution >= 0.6 is 23.2 Å². The van der Waals surface area contributed by atoms with Crippen LogP contribution in [0.25, 0.3) is 0 Å². The molecule has 4 aromatic rings. The van der Waals surface area contributed by atoms with Crippen LogP contribution in [0.4, 0.5) is 17.1 Å². The highest BCUT2D eigenvalue weighted by atomic mass is 35.5. The van der Waals surface area contributed by atoms with Gasteiger partial charge in [-0.05, 0) is 66.2 Å². The average Bonchev–Trinajstić information content (AvgIpc) is 2.89. The summed E-state index contributed by atoms with van der Waals surface area (Å²) in [5.41, 5.74) is 1.90. The van der Waals surface area contributed by atoms with Crippen molar-refractivity contribution in [2.45, 2.75) is 11.4 Å². The number of anilines is 3. The van der Waals surface area contributed by atoms with Gasteiger partial charge in [0.1, 0.15) is 0 Å². The molecule has 13 heteroatoms. The minimum Gasteiger partial charge on any atom is -0.322 e. The minimum atomic E-state index is -3.83. The highest BCUT2D eigenvalue weighted by molar-refractivity contribution is 7.92. The minimum absolute atomic E-state index is 0.0175. The summed E-state index contributed by atoms with van der Waals surface area (Å²) >= 11 is 12.3. The van der Waals surface area contributed by atoms with E-state index in [1.54, 1.807) is 54.6 Å². The SMILES string of the molecule is CS(=O)(=O)N(Cc1ccc(C(=O)Nc2ccc(S(=O)(=O)Nc3cccnc3)cc2)cc1)c1cccc(Cl)c1Cl. The maximum Gasteiger partial charge on any atom is 0.261 e. The number of nitrogens with zero attached hydrogens (tertiary/aromatic N) is 2. The molecule has 0 radical (unpaired) electrons. The van der Waals surface area contributed by atoms with Crippen molar-refractivity contribution in [2.24, 2.45) is 0 Å². The zero-order chi connectivity index (χ0) is 28.2. The van der Waals surface area contributed by atoms with E-state index in [-0.39, 0.29) is 27.2 Å². The van der Waals surface area contributed by atoms with Gasteiger partial charge in [-0.1, -0.05) is 41.4 Å². The van der Waals surface area contributed by atoms with Gasteiger partial charge in [0.05, 0.1) is 45.3 Å². The number of aromatic nitrogens is 1. The van der Waals surface area contributed by atoms with Gasteiger partial charge < -0.3 is 5.32 Å². The highest BCUT2D eigenvalue weighted by Crippen LogP contribution is 2.34. The number of carbonyl (C=O) groups excluding carboxylic acids is 1. The van der Waals surface area contributed by atoms with Gasteiger partial charge in [-0.15, -0.1) is 0 Å². The number of hydrogen-bond acceptors (Lipinski definition) is 6. The molecule has 3 aromatic carbocycles. The van der Waals surface area contributed by atoms with E-state index in [1.807, 2.05) is 0 Å². The van der Waals surface area contributed by atoms with Crippen LogP contribution in [0.5, 0.6) is 0 Å². The second-order valence-electron chi connectivity index (χ2n) is 8.37. The number of halogens is 2. The number of benzene rings is 3. The summed E-state index contributed by atoms with van der Waals surface area (Å²) in [7, 11) is -7.52. The maximum absolute atomic E-state index is 12.7. The number of nitrogens with one attached hydrogen (secondary N) is 2. The monoisotopic (exact) mass is 604 g/mol. The lowest BCUT2D eigenvalue weighted by Gasteiger charge is -2.24. The Balaban J connectivity index is 1.44. The summed E-state index contributed by atoms with van der Waals surface area (Å²) in [4.78, 5) is 16.6. The van der Waals surface area contributed by atoms with E-state index in [0.717, 1.165) is 10.6 Å². The van der Waals surface area contributed by atoms with Crippen LogP contribution in [0.1, 0.15) is 15.9 Å². The Bertz CT molecular complexity index is 1700. The molecule has 0 aliphatic rings. The molecule has 0 aliphatic heterocycles. The van der Waals surface area contributed by atoms with Crippen molar-refractivity contribution in [2.75, 3.05) is 20.6 Å². The molecule has 39 heavy (non-hydrogen) atoms. The third kappa shape index (κ3) is 7.07. The fourth-order valence-corrected chi connectivity index (χ4v) is 5.94. The van der Waals surface area contributed by atoms with Crippen LogP contribution < -0.4 is 14.3 Å². The molecule has 2 N–H and O–H groups in total. The Hall–Kier alpha value is -3.64. The van der Waals surface area contributed by atoms with Crippen LogP contribution in [-0.2, 0) is 26.6 Å². The van der Waals surface area contributed by atoms with E-state index in [1.165, 1.54) is 36.7 Å².